The second-order valence-corrected chi connectivity index (χ2v) is 6.84. The van der Waals surface area contributed by atoms with Crippen molar-refractivity contribution in [3.63, 3.8) is 0 Å². The zero-order valence-corrected chi connectivity index (χ0v) is 13.1. The summed E-state index contributed by atoms with van der Waals surface area (Å²) in [5.41, 5.74) is 0.939. The van der Waals surface area contributed by atoms with Crippen molar-refractivity contribution in [2.24, 2.45) is 0 Å². The highest BCUT2D eigenvalue weighted by Gasteiger charge is 2.35. The number of carboxylic acids is 1. The Kier molecular flexibility index (Phi) is 4.44. The number of amides is 2. The van der Waals surface area contributed by atoms with Crippen LogP contribution in [0, 0.1) is 6.92 Å². The quantitative estimate of drug-likeness (QED) is 0.848. The van der Waals surface area contributed by atoms with Gasteiger partial charge in [0.25, 0.3) is 5.91 Å². The van der Waals surface area contributed by atoms with Crippen molar-refractivity contribution < 1.29 is 19.5 Å². The normalized spacial score (nSPS) is 18.8. The smallest absolute Gasteiger partial charge is 0.305 e. The van der Waals surface area contributed by atoms with Crippen LogP contribution < -0.4 is 5.32 Å². The number of carboxylic acid groups (broad SMARTS) is 1. The minimum atomic E-state index is -1.10. The van der Waals surface area contributed by atoms with E-state index in [9.17, 15) is 14.4 Å². The lowest BCUT2D eigenvalue weighted by atomic mass is 10.1. The molecule has 1 aromatic heterocycles. The zero-order chi connectivity index (χ0) is 14.9. The zero-order valence-electron chi connectivity index (χ0n) is 10.7. The van der Waals surface area contributed by atoms with Crippen molar-refractivity contribution in [2.45, 2.75) is 19.4 Å². The van der Waals surface area contributed by atoms with E-state index in [0.29, 0.717) is 18.0 Å². The first-order chi connectivity index (χ1) is 9.40. The summed E-state index contributed by atoms with van der Waals surface area (Å²) < 4.78 is 0.858. The van der Waals surface area contributed by atoms with Gasteiger partial charge in [0.05, 0.1) is 15.1 Å². The van der Waals surface area contributed by atoms with Crippen LogP contribution in [0.25, 0.3) is 0 Å². The number of halogens is 1. The minimum absolute atomic E-state index is 0.301. The molecule has 108 valence electrons. The monoisotopic (exact) mass is 360 g/mol. The van der Waals surface area contributed by atoms with Gasteiger partial charge in [0.15, 0.2) is 0 Å². The maximum atomic E-state index is 12.4. The molecule has 1 aliphatic heterocycles. The van der Waals surface area contributed by atoms with Crippen molar-refractivity contribution in [1.29, 1.82) is 0 Å². The molecular weight excluding hydrogens is 348 g/mol. The number of rotatable bonds is 3. The summed E-state index contributed by atoms with van der Waals surface area (Å²) in [5, 5.41) is 11.5. The number of piperazine rings is 1. The van der Waals surface area contributed by atoms with Gasteiger partial charge in [0.2, 0.25) is 5.91 Å². The van der Waals surface area contributed by atoms with E-state index in [4.69, 9.17) is 5.11 Å². The Labute approximate surface area is 127 Å². The maximum Gasteiger partial charge on any atom is 0.305 e. The lowest BCUT2D eigenvalue weighted by molar-refractivity contribution is -0.142. The fourth-order valence-electron chi connectivity index (χ4n) is 2.03. The first-order valence-electron chi connectivity index (χ1n) is 5.96. The van der Waals surface area contributed by atoms with Gasteiger partial charge in [-0.15, -0.1) is 11.3 Å². The first-order valence-corrected chi connectivity index (χ1v) is 7.57. The molecule has 0 bridgehead atoms. The Morgan fingerprint density at radius 3 is 2.85 bits per heavy atom. The summed E-state index contributed by atoms with van der Waals surface area (Å²) in [6.45, 7) is 2.53. The number of nitrogens with zero attached hydrogens (tertiary/aromatic N) is 1. The third kappa shape index (κ3) is 3.01. The molecule has 1 unspecified atom stereocenters. The van der Waals surface area contributed by atoms with Gasteiger partial charge >= 0.3 is 5.97 Å². The summed E-state index contributed by atoms with van der Waals surface area (Å²) in [6.07, 6.45) is -0.386. The van der Waals surface area contributed by atoms with Crippen LogP contribution in [0.5, 0.6) is 0 Å². The number of hydrogen-bond acceptors (Lipinski definition) is 4. The van der Waals surface area contributed by atoms with Crippen molar-refractivity contribution in [3.8, 4) is 0 Å². The maximum absolute atomic E-state index is 12.4. The van der Waals surface area contributed by atoms with Gasteiger partial charge in [-0.1, -0.05) is 0 Å². The van der Waals surface area contributed by atoms with E-state index < -0.39 is 17.9 Å². The lowest BCUT2D eigenvalue weighted by Crippen LogP contribution is -2.57. The van der Waals surface area contributed by atoms with Crippen LogP contribution in [-0.4, -0.2) is 46.9 Å². The standard InChI is InChI=1S/C12H13BrN2O4S/c1-6-4-8(20-10(6)13)12(19)15-3-2-14-11(18)7(15)5-9(16)17/h4,7H,2-3,5H2,1H3,(H,14,18)(H,16,17). The Hall–Kier alpha value is -1.41. The predicted molar refractivity (Wildman–Crippen MR) is 76.8 cm³/mol. The van der Waals surface area contributed by atoms with Crippen molar-refractivity contribution >= 4 is 45.1 Å². The van der Waals surface area contributed by atoms with Crippen LogP contribution in [0.4, 0.5) is 0 Å². The molecule has 1 atom stereocenters. The molecule has 8 heteroatoms. The molecule has 2 rings (SSSR count). The van der Waals surface area contributed by atoms with E-state index in [1.807, 2.05) is 6.92 Å². The van der Waals surface area contributed by atoms with Crippen LogP contribution in [-0.2, 0) is 9.59 Å². The van der Waals surface area contributed by atoms with Gasteiger partial charge in [-0.25, -0.2) is 0 Å². The Bertz CT molecular complexity index is 552. The molecule has 1 aliphatic rings. The highest BCUT2D eigenvalue weighted by molar-refractivity contribution is 9.11. The van der Waals surface area contributed by atoms with E-state index in [-0.39, 0.29) is 12.3 Å². The van der Waals surface area contributed by atoms with Crippen LogP contribution in [0.3, 0.4) is 0 Å². The highest BCUT2D eigenvalue weighted by atomic mass is 79.9. The third-order valence-electron chi connectivity index (χ3n) is 3.03. The number of thiophene rings is 1. The van der Waals surface area contributed by atoms with Gasteiger partial charge in [0.1, 0.15) is 6.04 Å². The molecule has 2 amide bonds. The molecule has 0 spiro atoms. The SMILES string of the molecule is Cc1cc(C(=O)N2CCNC(=O)C2CC(=O)O)sc1Br. The van der Waals surface area contributed by atoms with Gasteiger partial charge < -0.3 is 15.3 Å². The van der Waals surface area contributed by atoms with Crippen molar-refractivity contribution in [3.05, 3.63) is 20.3 Å². The number of aliphatic carboxylic acids is 1. The molecule has 1 aromatic rings. The summed E-state index contributed by atoms with van der Waals surface area (Å²) in [4.78, 5) is 36.9. The second-order valence-electron chi connectivity index (χ2n) is 4.47. The second kappa shape index (κ2) is 5.92. The molecule has 0 saturated carbocycles. The van der Waals surface area contributed by atoms with Gasteiger partial charge in [-0.2, -0.15) is 0 Å². The average Bonchev–Trinajstić information content (AvgIpc) is 2.71. The molecule has 1 saturated heterocycles. The average molecular weight is 361 g/mol. The number of carbonyl (C=O) groups is 3. The minimum Gasteiger partial charge on any atom is -0.481 e. The van der Waals surface area contributed by atoms with Crippen molar-refractivity contribution in [1.82, 2.24) is 10.2 Å². The van der Waals surface area contributed by atoms with E-state index in [2.05, 4.69) is 21.2 Å². The Balaban J connectivity index is 2.25. The van der Waals surface area contributed by atoms with Crippen molar-refractivity contribution in [2.75, 3.05) is 13.1 Å². The van der Waals surface area contributed by atoms with E-state index in [0.717, 1.165) is 9.35 Å². The van der Waals surface area contributed by atoms with E-state index in [1.165, 1.54) is 16.2 Å². The fraction of sp³-hybridized carbons (Fsp3) is 0.417. The number of hydrogen-bond donors (Lipinski definition) is 2. The lowest BCUT2D eigenvalue weighted by Gasteiger charge is -2.33. The number of nitrogens with one attached hydrogen (secondary N) is 1. The molecule has 20 heavy (non-hydrogen) atoms. The summed E-state index contributed by atoms with van der Waals surface area (Å²) in [5.74, 6) is -1.82. The van der Waals surface area contributed by atoms with Crippen LogP contribution in [0.1, 0.15) is 21.7 Å². The highest BCUT2D eigenvalue weighted by Crippen LogP contribution is 2.29. The molecule has 6 nitrogen and oxygen atoms in total. The van der Waals surface area contributed by atoms with Crippen LogP contribution in [0.15, 0.2) is 9.85 Å². The Morgan fingerprint density at radius 2 is 2.30 bits per heavy atom. The molecule has 0 radical (unpaired) electrons. The third-order valence-corrected chi connectivity index (χ3v) is 5.15. The van der Waals surface area contributed by atoms with Gasteiger partial charge in [-0.3, -0.25) is 14.4 Å². The summed E-state index contributed by atoms with van der Waals surface area (Å²) in [6, 6.07) is 0.788. The summed E-state index contributed by atoms with van der Waals surface area (Å²) in [7, 11) is 0. The largest absolute Gasteiger partial charge is 0.481 e. The van der Waals surface area contributed by atoms with E-state index in [1.54, 1.807) is 6.07 Å². The first kappa shape index (κ1) is 15.0. The molecule has 0 aliphatic carbocycles. The van der Waals surface area contributed by atoms with Crippen LogP contribution in [0.2, 0.25) is 0 Å². The van der Waals surface area contributed by atoms with Gasteiger partial charge in [-0.05, 0) is 34.5 Å². The molecule has 0 aromatic carbocycles. The summed E-state index contributed by atoms with van der Waals surface area (Å²) >= 11 is 4.63. The van der Waals surface area contributed by atoms with Gasteiger partial charge in [0, 0.05) is 13.1 Å². The topological polar surface area (TPSA) is 86.7 Å². The predicted octanol–water partition coefficient (Wildman–Crippen LogP) is 1.23. The number of carbonyl (C=O) groups excluding carboxylic acids is 2. The Morgan fingerprint density at radius 1 is 1.60 bits per heavy atom. The molecular formula is C12H13BrN2O4S. The fourth-order valence-corrected chi connectivity index (χ4v) is 3.52. The molecule has 2 heterocycles. The van der Waals surface area contributed by atoms with E-state index >= 15 is 0 Å². The van der Waals surface area contributed by atoms with Crippen LogP contribution >= 0.6 is 27.3 Å². The number of aryl methyl sites for hydroxylation is 1. The molecule has 2 N–H and O–H groups in total. The molecule has 1 fully saturated rings.